The van der Waals surface area contributed by atoms with Gasteiger partial charge in [0.1, 0.15) is 30.2 Å². The van der Waals surface area contributed by atoms with E-state index >= 15 is 0 Å². The van der Waals surface area contributed by atoms with Crippen molar-refractivity contribution in [3.05, 3.63) is 41.9 Å². The monoisotopic (exact) mass is 490 g/mol. The van der Waals surface area contributed by atoms with Crippen LogP contribution in [0.15, 0.2) is 36.9 Å². The van der Waals surface area contributed by atoms with Gasteiger partial charge in [-0.15, -0.1) is 0 Å². The van der Waals surface area contributed by atoms with Crippen LogP contribution in [0, 0.1) is 0 Å². The number of likely N-dealkylation sites (N-methyl/N-ethyl adjacent to an activating group) is 1. The maximum atomic E-state index is 12.0. The minimum Gasteiger partial charge on any atom is -0.387 e. The predicted octanol–water partition coefficient (Wildman–Crippen LogP) is 0.825. The highest BCUT2D eigenvalue weighted by Crippen LogP contribution is 2.32. The third kappa shape index (κ3) is 5.37. The third-order valence-corrected chi connectivity index (χ3v) is 5.81. The molecule has 4 atom stereocenters. The summed E-state index contributed by atoms with van der Waals surface area (Å²) in [6, 6.07) is 6.59. The van der Waals surface area contributed by atoms with Crippen molar-refractivity contribution in [3.63, 3.8) is 0 Å². The first kappa shape index (κ1) is 24.1. The molecule has 0 radical (unpaired) electrons. The summed E-state index contributed by atoms with van der Waals surface area (Å²) in [5.41, 5.74) is 7.26. The van der Waals surface area contributed by atoms with Crippen LogP contribution in [-0.2, 0) is 4.74 Å². The number of ether oxygens (including phenoxy) is 1. The second-order valence-electron chi connectivity index (χ2n) is 8.14. The largest absolute Gasteiger partial charge is 0.387 e. The minimum absolute atomic E-state index is 0.225. The number of aliphatic hydroxyl groups excluding tert-OH is 2. The molecule has 1 saturated heterocycles. The van der Waals surface area contributed by atoms with Crippen molar-refractivity contribution in [2.45, 2.75) is 31.0 Å². The number of nitrogens with one attached hydrogen (secondary N) is 2. The number of nitrogens with two attached hydrogens (primary N) is 1. The number of carbonyl (C=O) groups excluding carboxylic acids is 1. The van der Waals surface area contributed by atoms with Crippen LogP contribution in [0.4, 0.5) is 16.3 Å². The van der Waals surface area contributed by atoms with E-state index in [1.807, 2.05) is 11.9 Å². The summed E-state index contributed by atoms with van der Waals surface area (Å²) in [7, 11) is 1.88. The second kappa shape index (κ2) is 10.5. The lowest BCUT2D eigenvalue weighted by Gasteiger charge is -2.22. The first-order chi connectivity index (χ1) is 16.3. The summed E-state index contributed by atoms with van der Waals surface area (Å²) in [6.45, 7) is 1.48. The highest BCUT2D eigenvalue weighted by atomic mass is 35.5. The van der Waals surface area contributed by atoms with E-state index in [1.165, 1.54) is 12.7 Å². The number of aliphatic hydroxyl groups is 2. The Morgan fingerprint density at radius 3 is 2.91 bits per heavy atom. The number of imidazole rings is 1. The van der Waals surface area contributed by atoms with Crippen molar-refractivity contribution in [2.75, 3.05) is 37.7 Å². The molecule has 34 heavy (non-hydrogen) atoms. The van der Waals surface area contributed by atoms with Gasteiger partial charge in [-0.2, -0.15) is 0 Å². The predicted molar refractivity (Wildman–Crippen MR) is 126 cm³/mol. The lowest BCUT2D eigenvalue weighted by atomic mass is 10.1. The Hall–Kier alpha value is -3.03. The molecule has 1 aliphatic heterocycles. The average Bonchev–Trinajstić information content (AvgIpc) is 3.34. The molecule has 2 aromatic heterocycles. The number of urea groups is 1. The number of halogens is 1. The maximum Gasteiger partial charge on any atom is 0.319 e. The zero-order valence-corrected chi connectivity index (χ0v) is 19.3. The number of hydrogen-bond acceptors (Lipinski definition) is 9. The summed E-state index contributed by atoms with van der Waals surface area (Å²) < 4.78 is 7.50. The molecule has 0 saturated carbocycles. The first-order valence-corrected chi connectivity index (χ1v) is 11.1. The molecule has 182 valence electrons. The minimum atomic E-state index is -1.16. The number of fused-ring (bicyclic) bond motifs is 1. The quantitative estimate of drug-likeness (QED) is 0.287. The zero-order chi connectivity index (χ0) is 24.2. The number of anilines is 2. The van der Waals surface area contributed by atoms with E-state index < -0.39 is 24.5 Å². The van der Waals surface area contributed by atoms with Crippen LogP contribution in [0.1, 0.15) is 12.6 Å². The van der Waals surface area contributed by atoms with Gasteiger partial charge in [-0.05, 0) is 38.2 Å². The molecule has 0 unspecified atom stereocenters. The number of aromatic nitrogens is 4. The lowest BCUT2D eigenvalue weighted by molar-refractivity contribution is -0.0421. The zero-order valence-electron chi connectivity index (χ0n) is 18.5. The Labute approximate surface area is 200 Å². The van der Waals surface area contributed by atoms with E-state index in [1.54, 1.807) is 28.8 Å². The summed E-state index contributed by atoms with van der Waals surface area (Å²) in [6.07, 6.45) is -0.291. The molecule has 0 spiro atoms. The van der Waals surface area contributed by atoms with Crippen molar-refractivity contribution in [1.29, 1.82) is 0 Å². The van der Waals surface area contributed by atoms with Crippen molar-refractivity contribution in [2.24, 2.45) is 0 Å². The molecule has 4 rings (SSSR count). The molecule has 6 N–H and O–H groups in total. The van der Waals surface area contributed by atoms with Gasteiger partial charge in [0.2, 0.25) is 0 Å². The summed E-state index contributed by atoms with van der Waals surface area (Å²) in [4.78, 5) is 26.2. The molecule has 0 aliphatic carbocycles. The Balaban J connectivity index is 1.24. The molecule has 12 nitrogen and oxygen atoms in total. The number of nitrogens with zero attached hydrogens (tertiary/aromatic N) is 5. The third-order valence-electron chi connectivity index (χ3n) is 5.57. The van der Waals surface area contributed by atoms with Gasteiger partial charge in [-0.1, -0.05) is 17.7 Å². The second-order valence-corrected chi connectivity index (χ2v) is 8.57. The normalized spacial score (nSPS) is 22.4. The van der Waals surface area contributed by atoms with Gasteiger partial charge in [-0.3, -0.25) is 4.57 Å². The van der Waals surface area contributed by atoms with Crippen molar-refractivity contribution < 1.29 is 19.7 Å². The Bertz CT molecular complexity index is 1140. The highest BCUT2D eigenvalue weighted by Gasteiger charge is 2.44. The van der Waals surface area contributed by atoms with Gasteiger partial charge in [-0.25, -0.2) is 19.7 Å². The van der Waals surface area contributed by atoms with Gasteiger partial charge in [0.05, 0.1) is 6.33 Å². The topological polar surface area (TPSA) is 164 Å². The lowest BCUT2D eigenvalue weighted by Crippen LogP contribution is -2.39. The Morgan fingerprint density at radius 1 is 1.29 bits per heavy atom. The van der Waals surface area contributed by atoms with E-state index in [-0.39, 0.29) is 11.8 Å². The average molecular weight is 491 g/mol. The standard InChI is InChI=1S/C21H27ClN8O4/c1-29(7-3-6-24-21(33)28-13-5-2-4-12(22)8-13)9-14-16(31)17(32)20(34-14)30-11-27-15-18(23)25-10-26-19(15)30/h2,4-5,8,10-11,14,16-17,20,31-32H,3,6-7,9H2,1H3,(H2,23,25,26)(H2,24,28,33)/t14-,16+,17-,20-/m1/s1. The number of hydrogen-bond donors (Lipinski definition) is 5. The summed E-state index contributed by atoms with van der Waals surface area (Å²) >= 11 is 5.91. The number of rotatable bonds is 8. The van der Waals surface area contributed by atoms with Crippen LogP contribution < -0.4 is 16.4 Å². The molecule has 2 amide bonds. The number of carbonyl (C=O) groups is 1. The van der Waals surface area contributed by atoms with Gasteiger partial charge < -0.3 is 36.2 Å². The van der Waals surface area contributed by atoms with Gasteiger partial charge >= 0.3 is 6.03 Å². The van der Waals surface area contributed by atoms with Crippen LogP contribution >= 0.6 is 11.6 Å². The van der Waals surface area contributed by atoms with Gasteiger partial charge in [0.25, 0.3) is 0 Å². The van der Waals surface area contributed by atoms with Crippen molar-refractivity contribution in [3.8, 4) is 0 Å². The number of nitrogen functional groups attached to an aromatic ring is 1. The molecule has 13 heteroatoms. The summed E-state index contributed by atoms with van der Waals surface area (Å²) in [5, 5.41) is 27.2. The van der Waals surface area contributed by atoms with E-state index in [2.05, 4.69) is 25.6 Å². The van der Waals surface area contributed by atoms with Crippen LogP contribution in [0.25, 0.3) is 11.2 Å². The van der Waals surface area contributed by atoms with Crippen molar-refractivity contribution in [1.82, 2.24) is 29.7 Å². The molecule has 3 aromatic rings. The Kier molecular flexibility index (Phi) is 7.44. The maximum absolute atomic E-state index is 12.0. The van der Waals surface area contributed by atoms with Crippen molar-refractivity contribution >= 4 is 40.3 Å². The summed E-state index contributed by atoms with van der Waals surface area (Å²) in [5.74, 6) is 0.225. The number of benzene rings is 1. The number of amides is 2. The van der Waals surface area contributed by atoms with E-state index in [4.69, 9.17) is 22.1 Å². The van der Waals surface area contributed by atoms with E-state index in [9.17, 15) is 15.0 Å². The fourth-order valence-electron chi connectivity index (χ4n) is 3.86. The first-order valence-electron chi connectivity index (χ1n) is 10.8. The smallest absolute Gasteiger partial charge is 0.319 e. The van der Waals surface area contributed by atoms with Gasteiger partial charge in [0, 0.05) is 23.8 Å². The molecule has 0 bridgehead atoms. The molecule has 1 aromatic carbocycles. The molecular formula is C21H27ClN8O4. The van der Waals surface area contributed by atoms with Crippen LogP contribution in [0.3, 0.4) is 0 Å². The van der Waals surface area contributed by atoms with Crippen LogP contribution in [-0.4, -0.2) is 85.7 Å². The van der Waals surface area contributed by atoms with Gasteiger partial charge in [0.15, 0.2) is 17.7 Å². The Morgan fingerprint density at radius 2 is 2.12 bits per heavy atom. The van der Waals surface area contributed by atoms with Crippen LogP contribution in [0.5, 0.6) is 0 Å². The van der Waals surface area contributed by atoms with E-state index in [0.717, 1.165) is 0 Å². The molecule has 1 fully saturated rings. The van der Waals surface area contributed by atoms with E-state index in [0.29, 0.717) is 47.9 Å². The van der Waals surface area contributed by atoms with Crippen LogP contribution in [0.2, 0.25) is 5.02 Å². The SMILES string of the molecule is CN(CCCNC(=O)Nc1cccc(Cl)c1)C[C@H]1O[C@@H](n2cnc3c(N)ncnc32)[C@H](O)[C@H]1O. The fourth-order valence-corrected chi connectivity index (χ4v) is 4.05. The fraction of sp³-hybridized carbons (Fsp3) is 0.429. The highest BCUT2D eigenvalue weighted by molar-refractivity contribution is 6.30. The molecule has 1 aliphatic rings. The molecule has 3 heterocycles. The molecular weight excluding hydrogens is 464 g/mol.